The summed E-state index contributed by atoms with van der Waals surface area (Å²) in [6, 6.07) is 4.99. The number of hydrogen-bond donors (Lipinski definition) is 0. The standard InChI is InChI=1S/C13H15NO3S/c1-4-11-13(16)14(3)10-7-9(8(2)15)5-6-12(10)18(11)17/h5-7,11H,4H2,1-3H3. The quantitative estimate of drug-likeness (QED) is 0.765. The topological polar surface area (TPSA) is 54.5 Å². The smallest absolute Gasteiger partial charge is 0.242 e. The lowest BCUT2D eigenvalue weighted by atomic mass is 10.1. The molecule has 0 radical (unpaired) electrons. The molecule has 1 aromatic rings. The second kappa shape index (κ2) is 4.65. The molecule has 1 aliphatic heterocycles. The number of Topliss-reactive ketones (excluding diaryl/α,β-unsaturated/α-hetero) is 1. The van der Waals surface area contributed by atoms with E-state index in [2.05, 4.69) is 0 Å². The lowest BCUT2D eigenvalue weighted by molar-refractivity contribution is -0.118. The minimum Gasteiger partial charge on any atom is -0.313 e. The highest BCUT2D eigenvalue weighted by Gasteiger charge is 2.35. The van der Waals surface area contributed by atoms with E-state index in [1.807, 2.05) is 6.92 Å². The molecule has 0 saturated heterocycles. The summed E-state index contributed by atoms with van der Waals surface area (Å²) in [4.78, 5) is 25.5. The normalized spacial score (nSPS) is 22.8. The van der Waals surface area contributed by atoms with Crippen LogP contribution in [0.1, 0.15) is 30.6 Å². The van der Waals surface area contributed by atoms with Crippen molar-refractivity contribution in [2.45, 2.75) is 30.4 Å². The van der Waals surface area contributed by atoms with Crippen LogP contribution in [0.5, 0.6) is 0 Å². The average molecular weight is 265 g/mol. The van der Waals surface area contributed by atoms with Gasteiger partial charge < -0.3 is 4.90 Å². The van der Waals surface area contributed by atoms with E-state index in [0.717, 1.165) is 0 Å². The van der Waals surface area contributed by atoms with Crippen LogP contribution in [0.25, 0.3) is 0 Å². The number of anilines is 1. The molecule has 5 heteroatoms. The lowest BCUT2D eigenvalue weighted by Crippen LogP contribution is -2.43. The van der Waals surface area contributed by atoms with E-state index in [0.29, 0.717) is 22.6 Å². The molecule has 2 unspecified atom stereocenters. The van der Waals surface area contributed by atoms with E-state index < -0.39 is 16.0 Å². The number of hydrogen-bond acceptors (Lipinski definition) is 3. The molecule has 2 rings (SSSR count). The number of amides is 1. The van der Waals surface area contributed by atoms with E-state index in [1.54, 1.807) is 25.2 Å². The fourth-order valence-corrected chi connectivity index (χ4v) is 3.63. The van der Waals surface area contributed by atoms with Gasteiger partial charge in [0.05, 0.1) is 21.4 Å². The van der Waals surface area contributed by atoms with Gasteiger partial charge in [-0.25, -0.2) is 0 Å². The average Bonchev–Trinajstić information content (AvgIpc) is 2.36. The Morgan fingerprint density at radius 2 is 2.11 bits per heavy atom. The fraction of sp³-hybridized carbons (Fsp3) is 0.385. The van der Waals surface area contributed by atoms with Crippen LogP contribution in [0.4, 0.5) is 5.69 Å². The summed E-state index contributed by atoms with van der Waals surface area (Å²) in [6.07, 6.45) is 0.545. The summed E-state index contributed by atoms with van der Waals surface area (Å²) in [5, 5.41) is -0.481. The number of carbonyl (C=O) groups is 2. The van der Waals surface area contributed by atoms with Gasteiger partial charge in [-0.2, -0.15) is 0 Å². The Hall–Kier alpha value is -1.49. The van der Waals surface area contributed by atoms with Crippen molar-refractivity contribution in [3.05, 3.63) is 23.8 Å². The minimum atomic E-state index is -1.33. The molecule has 2 atom stereocenters. The molecular weight excluding hydrogens is 250 g/mol. The lowest BCUT2D eigenvalue weighted by Gasteiger charge is -2.30. The maximum absolute atomic E-state index is 12.3. The molecule has 0 saturated carbocycles. The van der Waals surface area contributed by atoms with Crippen molar-refractivity contribution in [2.24, 2.45) is 0 Å². The number of nitrogens with zero attached hydrogens (tertiary/aromatic N) is 1. The second-order valence-electron chi connectivity index (χ2n) is 4.33. The first kappa shape index (κ1) is 13.0. The van der Waals surface area contributed by atoms with Gasteiger partial charge in [-0.15, -0.1) is 0 Å². The highest BCUT2D eigenvalue weighted by atomic mass is 32.2. The summed E-state index contributed by atoms with van der Waals surface area (Å²) >= 11 is 0. The van der Waals surface area contributed by atoms with Gasteiger partial charge in [0.1, 0.15) is 5.25 Å². The second-order valence-corrected chi connectivity index (χ2v) is 5.93. The van der Waals surface area contributed by atoms with E-state index >= 15 is 0 Å². The van der Waals surface area contributed by atoms with Crippen molar-refractivity contribution >= 4 is 28.2 Å². The highest BCUT2D eigenvalue weighted by Crippen LogP contribution is 2.33. The first-order chi connectivity index (χ1) is 8.47. The van der Waals surface area contributed by atoms with Crippen molar-refractivity contribution in [3.63, 3.8) is 0 Å². The Morgan fingerprint density at radius 3 is 2.67 bits per heavy atom. The maximum Gasteiger partial charge on any atom is 0.242 e. The zero-order valence-corrected chi connectivity index (χ0v) is 11.4. The van der Waals surface area contributed by atoms with Crippen LogP contribution >= 0.6 is 0 Å². The predicted octanol–water partition coefficient (Wildman–Crippen LogP) is 1.75. The molecule has 1 aliphatic rings. The number of benzene rings is 1. The molecule has 0 spiro atoms. The zero-order chi connectivity index (χ0) is 13.4. The molecule has 18 heavy (non-hydrogen) atoms. The molecule has 0 N–H and O–H groups in total. The van der Waals surface area contributed by atoms with Gasteiger partial charge in [0.25, 0.3) is 0 Å². The third-order valence-electron chi connectivity index (χ3n) is 3.18. The van der Waals surface area contributed by atoms with Crippen LogP contribution in [-0.4, -0.2) is 28.2 Å². The molecule has 4 nitrogen and oxygen atoms in total. The van der Waals surface area contributed by atoms with Crippen molar-refractivity contribution < 1.29 is 13.8 Å². The highest BCUT2D eigenvalue weighted by molar-refractivity contribution is 7.86. The Bertz CT molecular complexity index is 553. The van der Waals surface area contributed by atoms with Crippen molar-refractivity contribution in [1.82, 2.24) is 0 Å². The summed E-state index contributed by atoms with van der Waals surface area (Å²) in [7, 11) is 0.329. The van der Waals surface area contributed by atoms with Crippen molar-refractivity contribution in [3.8, 4) is 0 Å². The molecule has 0 bridgehead atoms. The van der Waals surface area contributed by atoms with Crippen LogP contribution in [0.15, 0.2) is 23.1 Å². The Kier molecular flexibility index (Phi) is 3.34. The van der Waals surface area contributed by atoms with Crippen LogP contribution < -0.4 is 4.90 Å². The number of rotatable bonds is 2. The van der Waals surface area contributed by atoms with Crippen molar-refractivity contribution in [2.75, 3.05) is 11.9 Å². The first-order valence-corrected chi connectivity index (χ1v) is 7.01. The molecule has 0 aliphatic carbocycles. The van der Waals surface area contributed by atoms with Crippen molar-refractivity contribution in [1.29, 1.82) is 0 Å². The number of fused-ring (bicyclic) bond motifs is 1. The molecule has 0 fully saturated rings. The number of ketones is 1. The van der Waals surface area contributed by atoms with Gasteiger partial charge in [-0.05, 0) is 25.5 Å². The molecular formula is C13H15NO3S. The summed E-state index contributed by atoms with van der Waals surface area (Å²) in [5.41, 5.74) is 1.11. The first-order valence-electron chi connectivity index (χ1n) is 5.80. The SMILES string of the molecule is CCC1C(=O)N(C)c2cc(C(C)=O)ccc2S1=O. The van der Waals surface area contributed by atoms with E-state index in [1.165, 1.54) is 11.8 Å². The summed E-state index contributed by atoms with van der Waals surface area (Å²) in [5.74, 6) is -0.217. The number of carbonyl (C=O) groups excluding carboxylic acids is 2. The van der Waals surface area contributed by atoms with E-state index in [-0.39, 0.29) is 11.7 Å². The van der Waals surface area contributed by atoms with E-state index in [4.69, 9.17) is 0 Å². The van der Waals surface area contributed by atoms with Gasteiger partial charge in [0, 0.05) is 12.6 Å². The summed E-state index contributed by atoms with van der Waals surface area (Å²) in [6.45, 7) is 3.32. The maximum atomic E-state index is 12.3. The largest absolute Gasteiger partial charge is 0.313 e. The van der Waals surface area contributed by atoms with Crippen LogP contribution in [0.2, 0.25) is 0 Å². The third kappa shape index (κ3) is 1.88. The third-order valence-corrected chi connectivity index (χ3v) is 5.01. The Balaban J connectivity index is 2.59. The molecule has 1 heterocycles. The molecule has 1 aromatic carbocycles. The van der Waals surface area contributed by atoms with Crippen LogP contribution in [0, 0.1) is 0 Å². The van der Waals surface area contributed by atoms with Gasteiger partial charge in [-0.3, -0.25) is 13.8 Å². The Morgan fingerprint density at radius 1 is 1.44 bits per heavy atom. The Labute approximate surface area is 108 Å². The van der Waals surface area contributed by atoms with Gasteiger partial charge >= 0.3 is 0 Å². The monoisotopic (exact) mass is 265 g/mol. The van der Waals surface area contributed by atoms with E-state index in [9.17, 15) is 13.8 Å². The zero-order valence-electron chi connectivity index (χ0n) is 10.6. The summed E-state index contributed by atoms with van der Waals surface area (Å²) < 4.78 is 12.3. The van der Waals surface area contributed by atoms with Gasteiger partial charge in [0.15, 0.2) is 5.78 Å². The van der Waals surface area contributed by atoms with Gasteiger partial charge in [0.2, 0.25) is 5.91 Å². The molecule has 96 valence electrons. The minimum absolute atomic E-state index is 0.0675. The fourth-order valence-electron chi connectivity index (χ4n) is 2.07. The van der Waals surface area contributed by atoms with Gasteiger partial charge in [-0.1, -0.05) is 13.0 Å². The molecule has 0 aromatic heterocycles. The predicted molar refractivity (Wildman–Crippen MR) is 70.3 cm³/mol. The van der Waals surface area contributed by atoms with Crippen LogP contribution in [0.3, 0.4) is 0 Å². The molecule has 1 amide bonds. The van der Waals surface area contributed by atoms with Crippen LogP contribution in [-0.2, 0) is 15.6 Å².